The number of halogens is 1. The Morgan fingerprint density at radius 2 is 1.93 bits per heavy atom. The number of hydrogen-bond donors (Lipinski definition) is 2. The number of rotatable bonds is 5. The number of nitrogens with zero attached hydrogens (tertiary/aromatic N) is 2. The van der Waals surface area contributed by atoms with E-state index < -0.39 is 11.8 Å². The van der Waals surface area contributed by atoms with Crippen molar-refractivity contribution in [2.45, 2.75) is 27.3 Å². The van der Waals surface area contributed by atoms with Gasteiger partial charge in [-0.1, -0.05) is 29.8 Å². The molecular formula is C21H21ClN4O3. The minimum atomic E-state index is -0.461. The molecule has 8 heteroatoms. The smallest absolute Gasteiger partial charge is 0.273 e. The molecule has 0 aliphatic carbocycles. The fourth-order valence-electron chi connectivity index (χ4n) is 2.90. The van der Waals surface area contributed by atoms with E-state index in [9.17, 15) is 9.59 Å². The Hall–Kier alpha value is -3.32. The van der Waals surface area contributed by atoms with Crippen LogP contribution in [0.4, 0.5) is 0 Å². The molecule has 2 aromatic heterocycles. The van der Waals surface area contributed by atoms with Crippen LogP contribution in [0.25, 0.3) is 6.08 Å². The van der Waals surface area contributed by atoms with Gasteiger partial charge in [-0.05, 0) is 44.5 Å². The number of benzene rings is 1. The number of aromatic nitrogens is 2. The highest BCUT2D eigenvalue weighted by Gasteiger charge is 2.13. The average molecular weight is 413 g/mol. The van der Waals surface area contributed by atoms with Crippen molar-refractivity contribution in [1.29, 1.82) is 0 Å². The minimum Gasteiger partial charge on any atom is -0.469 e. The van der Waals surface area contributed by atoms with Gasteiger partial charge in [0.05, 0.1) is 24.1 Å². The maximum absolute atomic E-state index is 12.1. The van der Waals surface area contributed by atoms with Crippen LogP contribution in [0.1, 0.15) is 38.6 Å². The number of nitrogens with one attached hydrogen (secondary N) is 2. The highest BCUT2D eigenvalue weighted by Crippen LogP contribution is 2.20. The van der Waals surface area contributed by atoms with Crippen LogP contribution in [0.2, 0.25) is 5.02 Å². The topological polar surface area (TPSA) is 89.2 Å². The van der Waals surface area contributed by atoms with E-state index in [1.165, 1.54) is 18.4 Å². The zero-order valence-electron chi connectivity index (χ0n) is 16.3. The molecule has 2 amide bonds. The van der Waals surface area contributed by atoms with Crippen molar-refractivity contribution >= 4 is 29.5 Å². The van der Waals surface area contributed by atoms with Gasteiger partial charge in [-0.25, -0.2) is 0 Å². The molecule has 150 valence electrons. The van der Waals surface area contributed by atoms with E-state index in [-0.39, 0.29) is 0 Å². The maximum Gasteiger partial charge on any atom is 0.273 e. The summed E-state index contributed by atoms with van der Waals surface area (Å²) in [5, 5.41) is 5.22. The predicted molar refractivity (Wildman–Crippen MR) is 110 cm³/mol. The zero-order valence-corrected chi connectivity index (χ0v) is 17.1. The van der Waals surface area contributed by atoms with E-state index in [2.05, 4.69) is 16.0 Å². The van der Waals surface area contributed by atoms with E-state index in [1.54, 1.807) is 13.0 Å². The molecule has 0 bridgehead atoms. The molecule has 2 heterocycles. The summed E-state index contributed by atoms with van der Waals surface area (Å²) in [7, 11) is 0. The summed E-state index contributed by atoms with van der Waals surface area (Å²) in [6.07, 6.45) is 4.43. The monoisotopic (exact) mass is 412 g/mol. The molecule has 0 radical (unpaired) electrons. The molecule has 3 rings (SSSR count). The maximum atomic E-state index is 12.1. The molecular weight excluding hydrogens is 392 g/mol. The SMILES string of the molecule is Cc1nn(Cc2ccccc2Cl)c(C)c1/C=C/C(=O)NNC(=O)c1ccoc1C. The van der Waals surface area contributed by atoms with E-state index in [0.717, 1.165) is 22.5 Å². The molecule has 0 aliphatic heterocycles. The van der Waals surface area contributed by atoms with Gasteiger partial charge in [-0.2, -0.15) is 5.10 Å². The Morgan fingerprint density at radius 1 is 1.17 bits per heavy atom. The summed E-state index contributed by atoms with van der Waals surface area (Å²) >= 11 is 6.23. The van der Waals surface area contributed by atoms with E-state index in [4.69, 9.17) is 16.0 Å². The first-order valence-electron chi connectivity index (χ1n) is 8.96. The van der Waals surface area contributed by atoms with Crippen LogP contribution in [0.3, 0.4) is 0 Å². The molecule has 0 atom stereocenters. The van der Waals surface area contributed by atoms with Crippen LogP contribution in [0.5, 0.6) is 0 Å². The van der Waals surface area contributed by atoms with Crippen molar-refractivity contribution in [2.24, 2.45) is 0 Å². The largest absolute Gasteiger partial charge is 0.469 e. The van der Waals surface area contributed by atoms with Crippen molar-refractivity contribution in [3.05, 3.63) is 81.5 Å². The lowest BCUT2D eigenvalue weighted by atomic mass is 10.1. The van der Waals surface area contributed by atoms with Gasteiger partial charge >= 0.3 is 0 Å². The van der Waals surface area contributed by atoms with Crippen LogP contribution in [-0.2, 0) is 11.3 Å². The predicted octanol–water partition coefficient (Wildman–Crippen LogP) is 3.58. The number of furan rings is 1. The normalized spacial score (nSPS) is 11.0. The second-order valence-corrected chi connectivity index (χ2v) is 6.91. The summed E-state index contributed by atoms with van der Waals surface area (Å²) in [5.41, 5.74) is 8.56. The van der Waals surface area contributed by atoms with Gasteiger partial charge < -0.3 is 4.42 Å². The van der Waals surface area contributed by atoms with Gasteiger partial charge in [-0.3, -0.25) is 25.1 Å². The molecule has 0 saturated carbocycles. The summed E-state index contributed by atoms with van der Waals surface area (Å²) < 4.78 is 6.92. The number of aryl methyl sites for hydroxylation is 2. The Bertz CT molecular complexity index is 1080. The molecule has 2 N–H and O–H groups in total. The first kappa shape index (κ1) is 20.4. The van der Waals surface area contributed by atoms with Crippen molar-refractivity contribution in [2.75, 3.05) is 0 Å². The van der Waals surface area contributed by atoms with Crippen LogP contribution < -0.4 is 10.9 Å². The second-order valence-electron chi connectivity index (χ2n) is 6.50. The molecule has 0 saturated heterocycles. The molecule has 1 aromatic carbocycles. The van der Waals surface area contributed by atoms with E-state index in [0.29, 0.717) is 22.9 Å². The van der Waals surface area contributed by atoms with Crippen molar-refractivity contribution in [3.63, 3.8) is 0 Å². The summed E-state index contributed by atoms with van der Waals surface area (Å²) in [5.74, 6) is -0.431. The number of carbonyl (C=O) groups is 2. The molecule has 0 unspecified atom stereocenters. The van der Waals surface area contributed by atoms with Crippen molar-refractivity contribution in [3.8, 4) is 0 Å². The molecule has 0 spiro atoms. The van der Waals surface area contributed by atoms with E-state index in [1.807, 2.05) is 42.8 Å². The van der Waals surface area contributed by atoms with Crippen molar-refractivity contribution in [1.82, 2.24) is 20.6 Å². The van der Waals surface area contributed by atoms with Gasteiger partial charge in [0.25, 0.3) is 11.8 Å². The average Bonchev–Trinajstić information content (AvgIpc) is 3.23. The second kappa shape index (κ2) is 8.79. The number of amides is 2. The molecule has 3 aromatic rings. The van der Waals surface area contributed by atoms with E-state index >= 15 is 0 Å². The molecule has 0 fully saturated rings. The van der Waals surface area contributed by atoms with Crippen LogP contribution in [0.15, 0.2) is 47.1 Å². The minimum absolute atomic E-state index is 0.363. The highest BCUT2D eigenvalue weighted by atomic mass is 35.5. The molecule has 7 nitrogen and oxygen atoms in total. The third-order valence-corrected chi connectivity index (χ3v) is 4.89. The summed E-state index contributed by atoms with van der Waals surface area (Å²) in [6, 6.07) is 9.13. The molecule has 0 aliphatic rings. The fourth-order valence-corrected chi connectivity index (χ4v) is 3.10. The van der Waals surface area contributed by atoms with Crippen LogP contribution >= 0.6 is 11.6 Å². The number of carbonyl (C=O) groups excluding carboxylic acids is 2. The quantitative estimate of drug-likeness (QED) is 0.495. The van der Waals surface area contributed by atoms with Crippen LogP contribution in [0, 0.1) is 20.8 Å². The fraction of sp³-hybridized carbons (Fsp3) is 0.190. The van der Waals surface area contributed by atoms with Gasteiger partial charge in [-0.15, -0.1) is 0 Å². The number of hydrazine groups is 1. The Labute approximate surface area is 173 Å². The summed E-state index contributed by atoms with van der Waals surface area (Å²) in [6.45, 7) is 6.00. The standard InChI is InChI=1S/C21H21ClN4O3/c1-13-17(14(2)26(25-13)12-16-6-4-5-7-19(16)22)8-9-20(27)23-24-21(28)18-10-11-29-15(18)3/h4-11H,12H2,1-3H3,(H,23,27)(H,24,28)/b9-8+. The first-order chi connectivity index (χ1) is 13.9. The third kappa shape index (κ3) is 4.75. The van der Waals surface area contributed by atoms with Crippen LogP contribution in [-0.4, -0.2) is 21.6 Å². The Balaban J connectivity index is 1.65. The van der Waals surface area contributed by atoms with Crippen molar-refractivity contribution < 1.29 is 14.0 Å². The zero-order chi connectivity index (χ0) is 21.0. The lowest BCUT2D eigenvalue weighted by Crippen LogP contribution is -2.40. The van der Waals surface area contributed by atoms with Gasteiger partial charge in [0.1, 0.15) is 5.76 Å². The van der Waals surface area contributed by atoms with Gasteiger partial charge in [0.2, 0.25) is 0 Å². The lowest BCUT2D eigenvalue weighted by molar-refractivity contribution is -0.117. The lowest BCUT2D eigenvalue weighted by Gasteiger charge is -2.06. The van der Waals surface area contributed by atoms with Gasteiger partial charge in [0.15, 0.2) is 0 Å². The summed E-state index contributed by atoms with van der Waals surface area (Å²) in [4.78, 5) is 24.0. The van der Waals surface area contributed by atoms with Gasteiger partial charge in [0, 0.05) is 22.4 Å². The Kier molecular flexibility index (Phi) is 6.19. The number of hydrogen-bond acceptors (Lipinski definition) is 4. The Morgan fingerprint density at radius 3 is 2.62 bits per heavy atom. The third-order valence-electron chi connectivity index (χ3n) is 4.52. The highest BCUT2D eigenvalue weighted by molar-refractivity contribution is 6.31. The first-order valence-corrected chi connectivity index (χ1v) is 9.34. The molecule has 29 heavy (non-hydrogen) atoms.